The Balaban J connectivity index is 3.05. The van der Waals surface area contributed by atoms with Crippen molar-refractivity contribution in [1.82, 2.24) is 0 Å². The Morgan fingerprint density at radius 1 is 1.40 bits per heavy atom. The van der Waals surface area contributed by atoms with Gasteiger partial charge in [0.05, 0.1) is 6.04 Å². The molecule has 1 nitrogen and oxygen atoms in total. The minimum Gasteiger partial charge on any atom is -0.282 e. The van der Waals surface area contributed by atoms with Crippen molar-refractivity contribution in [2.45, 2.75) is 33.7 Å². The van der Waals surface area contributed by atoms with E-state index in [0.29, 0.717) is 5.56 Å². The Morgan fingerprint density at radius 2 is 2.10 bits per heavy atom. The largest absolute Gasteiger partial charge is 0.282 e. The quantitative estimate of drug-likeness (QED) is 0.526. The fourth-order valence-corrected chi connectivity index (χ4v) is 1.92. The highest BCUT2D eigenvalue weighted by atomic mass is 19.1. The molecule has 1 aromatic rings. The summed E-state index contributed by atoms with van der Waals surface area (Å²) >= 11 is 0. The molecule has 1 aromatic carbocycles. The third kappa shape index (κ3) is 4.30. The normalized spacial score (nSPS) is 14.7. The van der Waals surface area contributed by atoms with Crippen molar-refractivity contribution >= 4 is 5.71 Å². The van der Waals surface area contributed by atoms with Crippen LogP contribution in [0.2, 0.25) is 0 Å². The second-order valence-electron chi connectivity index (χ2n) is 4.76. The van der Waals surface area contributed by atoms with Crippen LogP contribution in [0.15, 0.2) is 59.6 Å². The molecule has 2 heteroatoms. The van der Waals surface area contributed by atoms with Gasteiger partial charge in [-0.05, 0) is 50.5 Å². The summed E-state index contributed by atoms with van der Waals surface area (Å²) in [6, 6.07) is 5.22. The highest BCUT2D eigenvalue weighted by Gasteiger charge is 2.06. The topological polar surface area (TPSA) is 12.4 Å². The van der Waals surface area contributed by atoms with Crippen LogP contribution in [0.25, 0.3) is 0 Å². The number of aliphatic imine (C=N–C) groups is 1. The zero-order valence-electron chi connectivity index (χ0n) is 12.7. The van der Waals surface area contributed by atoms with E-state index in [-0.39, 0.29) is 11.9 Å². The van der Waals surface area contributed by atoms with Gasteiger partial charge >= 0.3 is 0 Å². The van der Waals surface area contributed by atoms with Gasteiger partial charge in [0.1, 0.15) is 5.82 Å². The lowest BCUT2D eigenvalue weighted by Gasteiger charge is -2.10. The summed E-state index contributed by atoms with van der Waals surface area (Å²) in [6.07, 6.45) is 7.68. The first kappa shape index (κ1) is 16.1. The van der Waals surface area contributed by atoms with Crippen LogP contribution in [0, 0.1) is 12.7 Å². The first-order valence-electron chi connectivity index (χ1n) is 6.75. The molecular formula is C18H22FN. The number of hydrogen-bond donors (Lipinski definition) is 0. The molecule has 0 amide bonds. The molecule has 0 saturated heterocycles. The summed E-state index contributed by atoms with van der Waals surface area (Å²) in [6.45, 7) is 11.4. The van der Waals surface area contributed by atoms with Gasteiger partial charge in [0, 0.05) is 5.71 Å². The lowest BCUT2D eigenvalue weighted by molar-refractivity contribution is 0.618. The number of rotatable bonds is 5. The second-order valence-corrected chi connectivity index (χ2v) is 4.76. The van der Waals surface area contributed by atoms with Crippen LogP contribution >= 0.6 is 0 Å². The van der Waals surface area contributed by atoms with Crippen LogP contribution in [0.3, 0.4) is 0 Å². The zero-order valence-corrected chi connectivity index (χ0v) is 12.7. The number of hydrogen-bond acceptors (Lipinski definition) is 1. The molecule has 0 unspecified atom stereocenters. The van der Waals surface area contributed by atoms with Gasteiger partial charge in [-0.2, -0.15) is 0 Å². The highest BCUT2D eigenvalue weighted by Crippen LogP contribution is 2.14. The summed E-state index contributed by atoms with van der Waals surface area (Å²) in [5.74, 6) is -0.194. The van der Waals surface area contributed by atoms with Crippen molar-refractivity contribution in [3.63, 3.8) is 0 Å². The van der Waals surface area contributed by atoms with E-state index < -0.39 is 0 Å². The molecule has 20 heavy (non-hydrogen) atoms. The standard InChI is InChI=1S/C18H22FN/c1-6-8-16(9-7-2)14(4)20-15(5)17-11-10-13(3)18(19)12-17/h6-12,14H,1H2,2-5H3/b9-7-,16-8+,20-15?/t14-/m0/s1. The molecule has 0 spiro atoms. The molecule has 1 atom stereocenters. The molecule has 0 bridgehead atoms. The van der Waals surface area contributed by atoms with E-state index in [9.17, 15) is 4.39 Å². The van der Waals surface area contributed by atoms with Crippen LogP contribution in [-0.4, -0.2) is 11.8 Å². The summed E-state index contributed by atoms with van der Waals surface area (Å²) in [4.78, 5) is 4.64. The number of aryl methyl sites for hydroxylation is 1. The predicted octanol–water partition coefficient (Wildman–Crippen LogP) is 5.02. The number of nitrogens with zero attached hydrogens (tertiary/aromatic N) is 1. The lowest BCUT2D eigenvalue weighted by Crippen LogP contribution is -2.06. The average Bonchev–Trinajstić information content (AvgIpc) is 2.41. The first-order chi connectivity index (χ1) is 9.49. The lowest BCUT2D eigenvalue weighted by atomic mass is 10.1. The van der Waals surface area contributed by atoms with E-state index in [1.165, 1.54) is 6.07 Å². The average molecular weight is 271 g/mol. The van der Waals surface area contributed by atoms with E-state index in [0.717, 1.165) is 16.8 Å². The molecule has 0 aliphatic carbocycles. The third-order valence-electron chi connectivity index (χ3n) is 3.13. The number of allylic oxidation sites excluding steroid dienone is 3. The first-order valence-corrected chi connectivity index (χ1v) is 6.75. The predicted molar refractivity (Wildman–Crippen MR) is 85.9 cm³/mol. The van der Waals surface area contributed by atoms with Crippen molar-refractivity contribution in [2.24, 2.45) is 4.99 Å². The molecule has 0 aliphatic heterocycles. The molecule has 0 fully saturated rings. The van der Waals surface area contributed by atoms with E-state index in [1.807, 2.05) is 45.1 Å². The summed E-state index contributed by atoms with van der Waals surface area (Å²) in [7, 11) is 0. The van der Waals surface area contributed by atoms with Crippen LogP contribution < -0.4 is 0 Å². The fourth-order valence-electron chi connectivity index (χ4n) is 1.92. The van der Waals surface area contributed by atoms with Crippen molar-refractivity contribution in [3.8, 4) is 0 Å². The molecule has 106 valence electrons. The Kier molecular flexibility index (Phi) is 6.10. The summed E-state index contributed by atoms with van der Waals surface area (Å²) in [5.41, 5.74) is 3.37. The van der Waals surface area contributed by atoms with Gasteiger partial charge in [0.25, 0.3) is 0 Å². The summed E-state index contributed by atoms with van der Waals surface area (Å²) in [5, 5.41) is 0. The molecule has 0 radical (unpaired) electrons. The SMILES string of the molecule is C=C/C=C(\C=C/C)[C@H](C)N=C(C)c1ccc(C)c(F)c1. The van der Waals surface area contributed by atoms with Crippen LogP contribution in [0.4, 0.5) is 4.39 Å². The van der Waals surface area contributed by atoms with E-state index in [2.05, 4.69) is 11.6 Å². The second kappa shape index (κ2) is 7.59. The van der Waals surface area contributed by atoms with E-state index in [4.69, 9.17) is 0 Å². The van der Waals surface area contributed by atoms with E-state index in [1.54, 1.807) is 19.1 Å². The Hall–Kier alpha value is -1.96. The number of benzene rings is 1. The van der Waals surface area contributed by atoms with Gasteiger partial charge in [-0.1, -0.05) is 43.0 Å². The monoisotopic (exact) mass is 271 g/mol. The maximum atomic E-state index is 13.6. The Bertz CT molecular complexity index is 565. The van der Waals surface area contributed by atoms with Gasteiger partial charge < -0.3 is 0 Å². The zero-order chi connectivity index (χ0) is 15.1. The smallest absolute Gasteiger partial charge is 0.126 e. The van der Waals surface area contributed by atoms with Gasteiger partial charge in [0.15, 0.2) is 0 Å². The van der Waals surface area contributed by atoms with Crippen molar-refractivity contribution in [3.05, 3.63) is 71.6 Å². The number of halogens is 1. The van der Waals surface area contributed by atoms with Crippen LogP contribution in [-0.2, 0) is 0 Å². The molecule has 1 rings (SSSR count). The van der Waals surface area contributed by atoms with Gasteiger partial charge in [0.2, 0.25) is 0 Å². The minimum atomic E-state index is -0.194. The Labute approximate surface area is 121 Å². The Morgan fingerprint density at radius 3 is 2.65 bits per heavy atom. The van der Waals surface area contributed by atoms with Crippen molar-refractivity contribution in [2.75, 3.05) is 0 Å². The molecule has 0 aromatic heterocycles. The molecule has 0 heterocycles. The highest BCUT2D eigenvalue weighted by molar-refractivity contribution is 5.99. The molecule has 0 saturated carbocycles. The van der Waals surface area contributed by atoms with E-state index >= 15 is 0 Å². The van der Waals surface area contributed by atoms with Gasteiger partial charge in [-0.3, -0.25) is 4.99 Å². The maximum Gasteiger partial charge on any atom is 0.126 e. The van der Waals surface area contributed by atoms with Crippen LogP contribution in [0.5, 0.6) is 0 Å². The van der Waals surface area contributed by atoms with Crippen molar-refractivity contribution < 1.29 is 4.39 Å². The van der Waals surface area contributed by atoms with Gasteiger partial charge in [-0.15, -0.1) is 0 Å². The summed E-state index contributed by atoms with van der Waals surface area (Å²) < 4.78 is 13.6. The van der Waals surface area contributed by atoms with Crippen molar-refractivity contribution in [1.29, 1.82) is 0 Å². The fraction of sp³-hybridized carbons (Fsp3) is 0.278. The molecule has 0 N–H and O–H groups in total. The minimum absolute atomic E-state index is 0.00793. The molecular weight excluding hydrogens is 249 g/mol. The maximum absolute atomic E-state index is 13.6. The molecule has 0 aliphatic rings. The van der Waals surface area contributed by atoms with Gasteiger partial charge in [-0.25, -0.2) is 4.39 Å². The third-order valence-corrected chi connectivity index (χ3v) is 3.13. The van der Waals surface area contributed by atoms with Crippen LogP contribution in [0.1, 0.15) is 31.9 Å².